The second-order valence-electron chi connectivity index (χ2n) is 3.39. The van der Waals surface area contributed by atoms with Crippen molar-refractivity contribution in [3.63, 3.8) is 0 Å². The van der Waals surface area contributed by atoms with Gasteiger partial charge in [0.2, 0.25) is 6.41 Å². The number of hydrogen-bond acceptors (Lipinski definition) is 6. The highest BCUT2D eigenvalue weighted by Gasteiger charge is 2.12. The van der Waals surface area contributed by atoms with Crippen molar-refractivity contribution in [2.75, 3.05) is 17.8 Å². The van der Waals surface area contributed by atoms with Crippen LogP contribution in [0.4, 0.5) is 10.1 Å². The average molecular weight is 290 g/mol. The first-order valence-electron chi connectivity index (χ1n) is 5.46. The van der Waals surface area contributed by atoms with Gasteiger partial charge in [-0.05, 0) is 17.9 Å². The largest absolute Gasteiger partial charge is 0.392 e. The third-order valence-corrected chi connectivity index (χ3v) is 3.02. The van der Waals surface area contributed by atoms with E-state index in [4.69, 9.17) is 10.6 Å². The molecule has 0 saturated heterocycles. The number of nitrogens with two attached hydrogens (primary N) is 2. The molecule has 6 N–H and O–H groups in total. The van der Waals surface area contributed by atoms with Crippen LogP contribution in [0.2, 0.25) is 0 Å². The van der Waals surface area contributed by atoms with Crippen LogP contribution in [0.25, 0.3) is 0 Å². The molecule has 0 spiro atoms. The van der Waals surface area contributed by atoms with E-state index in [2.05, 4.69) is 5.84 Å². The summed E-state index contributed by atoms with van der Waals surface area (Å²) in [5.74, 6) is 10.5. The minimum absolute atomic E-state index is 0.139. The fraction of sp³-hybridized carbons (Fsp3) is 0.364. The Balaban J connectivity index is 0.000000711. The number of benzene rings is 1. The van der Waals surface area contributed by atoms with Crippen molar-refractivity contribution in [3.8, 4) is 0 Å². The maximum Gasteiger partial charge on any atom is 0.221 e. The van der Waals surface area contributed by atoms with Gasteiger partial charge in [0.1, 0.15) is 5.82 Å². The van der Waals surface area contributed by atoms with Crippen LogP contribution in [-0.4, -0.2) is 24.3 Å². The lowest BCUT2D eigenvalue weighted by Gasteiger charge is -2.18. The van der Waals surface area contributed by atoms with Gasteiger partial charge < -0.3 is 10.1 Å². The highest BCUT2D eigenvalue weighted by molar-refractivity contribution is 7.99. The van der Waals surface area contributed by atoms with Crippen LogP contribution in [-0.2, 0) is 11.4 Å². The number of aliphatic hydroxyl groups is 1. The maximum absolute atomic E-state index is 13.3. The number of nitrogens with one attached hydrogen (secondary N) is 1. The maximum atomic E-state index is 13.3. The number of thioether (sulfide) groups is 1. The summed E-state index contributed by atoms with van der Waals surface area (Å²) in [6.07, 6.45) is 0.403. The van der Waals surface area contributed by atoms with Crippen LogP contribution >= 0.6 is 11.8 Å². The number of amides is 1. The number of aliphatic hydroxyl groups excluding tert-OH is 1. The SMILES string of the molecule is CCSc1cc(F)cc(N(C)N)c1CO.NNC=O. The van der Waals surface area contributed by atoms with Crippen molar-refractivity contribution >= 4 is 23.9 Å². The molecule has 19 heavy (non-hydrogen) atoms. The second-order valence-corrected chi connectivity index (χ2v) is 4.69. The summed E-state index contributed by atoms with van der Waals surface area (Å²) in [6, 6.07) is 2.75. The third kappa shape index (κ3) is 5.88. The molecule has 6 nitrogen and oxygen atoms in total. The Morgan fingerprint density at radius 3 is 2.53 bits per heavy atom. The van der Waals surface area contributed by atoms with Gasteiger partial charge in [0, 0.05) is 17.5 Å². The van der Waals surface area contributed by atoms with E-state index in [9.17, 15) is 9.50 Å². The van der Waals surface area contributed by atoms with Gasteiger partial charge in [-0.15, -0.1) is 11.8 Å². The molecule has 108 valence electrons. The van der Waals surface area contributed by atoms with E-state index in [1.807, 2.05) is 6.92 Å². The number of hydrogen-bond donors (Lipinski definition) is 4. The van der Waals surface area contributed by atoms with Crippen LogP contribution < -0.4 is 22.1 Å². The van der Waals surface area contributed by atoms with Crippen LogP contribution in [0.3, 0.4) is 0 Å². The van der Waals surface area contributed by atoms with Gasteiger partial charge in [-0.1, -0.05) is 6.92 Å². The number of halogens is 1. The lowest BCUT2D eigenvalue weighted by molar-refractivity contribution is -0.109. The zero-order chi connectivity index (χ0) is 14.8. The van der Waals surface area contributed by atoms with Crippen molar-refractivity contribution in [1.82, 2.24) is 5.43 Å². The molecule has 1 amide bonds. The standard InChI is InChI=1S/C10H15FN2OS.CH4N2O/c1-3-15-10-5-7(11)4-9(13(2)12)8(10)6-14;2-3-1-4/h4-5,14H,3,6,12H2,1-2H3;1H,2H2,(H,3,4). The number of nitrogens with zero attached hydrogens (tertiary/aromatic N) is 1. The molecule has 0 heterocycles. The molecule has 0 fully saturated rings. The van der Waals surface area contributed by atoms with Gasteiger partial charge in [0.15, 0.2) is 0 Å². The molecular formula is C11H19FN4O2S. The van der Waals surface area contributed by atoms with Crippen molar-refractivity contribution in [3.05, 3.63) is 23.5 Å². The lowest BCUT2D eigenvalue weighted by Crippen LogP contribution is -2.26. The first-order chi connectivity index (χ1) is 9.01. The first-order valence-corrected chi connectivity index (χ1v) is 6.44. The molecule has 1 rings (SSSR count). The zero-order valence-corrected chi connectivity index (χ0v) is 11.7. The highest BCUT2D eigenvalue weighted by Crippen LogP contribution is 2.30. The summed E-state index contributed by atoms with van der Waals surface area (Å²) in [5.41, 5.74) is 2.95. The number of carbonyl (C=O) groups is 1. The number of rotatable bonds is 5. The van der Waals surface area contributed by atoms with Gasteiger partial charge in [0.05, 0.1) is 12.3 Å². The normalized spacial score (nSPS) is 9.37. The van der Waals surface area contributed by atoms with Gasteiger partial charge >= 0.3 is 0 Å². The predicted octanol–water partition coefficient (Wildman–Crippen LogP) is 0.346. The average Bonchev–Trinajstić information content (AvgIpc) is 2.38. The van der Waals surface area contributed by atoms with E-state index < -0.39 is 0 Å². The van der Waals surface area contributed by atoms with Gasteiger partial charge in [-0.25, -0.2) is 16.1 Å². The van der Waals surface area contributed by atoms with Crippen LogP contribution in [0.15, 0.2) is 17.0 Å². The van der Waals surface area contributed by atoms with E-state index in [-0.39, 0.29) is 12.4 Å². The van der Waals surface area contributed by atoms with Crippen LogP contribution in [0.1, 0.15) is 12.5 Å². The summed E-state index contributed by atoms with van der Waals surface area (Å²) in [7, 11) is 1.62. The molecule has 0 aromatic heterocycles. The smallest absolute Gasteiger partial charge is 0.221 e. The molecule has 0 atom stereocenters. The zero-order valence-electron chi connectivity index (χ0n) is 10.9. The Morgan fingerprint density at radius 2 is 2.16 bits per heavy atom. The third-order valence-electron chi connectivity index (χ3n) is 2.06. The summed E-state index contributed by atoms with van der Waals surface area (Å²) < 4.78 is 13.3. The van der Waals surface area contributed by atoms with E-state index in [1.54, 1.807) is 12.5 Å². The highest BCUT2D eigenvalue weighted by atomic mass is 32.2. The molecule has 1 aromatic carbocycles. The van der Waals surface area contributed by atoms with Crippen molar-refractivity contribution in [1.29, 1.82) is 0 Å². The monoisotopic (exact) mass is 290 g/mol. The topological polar surface area (TPSA) is 105 Å². The Labute approximate surface area is 115 Å². The predicted molar refractivity (Wildman–Crippen MR) is 74.7 cm³/mol. The van der Waals surface area contributed by atoms with Gasteiger partial charge in [-0.3, -0.25) is 10.2 Å². The molecule has 0 aliphatic carbocycles. The van der Waals surface area contributed by atoms with E-state index in [0.717, 1.165) is 10.6 Å². The van der Waals surface area contributed by atoms with Gasteiger partial charge in [-0.2, -0.15) is 0 Å². The molecule has 1 aromatic rings. The van der Waals surface area contributed by atoms with E-state index >= 15 is 0 Å². The summed E-state index contributed by atoms with van der Waals surface area (Å²) in [6.45, 7) is 1.84. The molecule has 0 radical (unpaired) electrons. The van der Waals surface area contributed by atoms with Crippen LogP contribution in [0, 0.1) is 5.82 Å². The molecular weight excluding hydrogens is 271 g/mol. The van der Waals surface area contributed by atoms with Crippen LogP contribution in [0.5, 0.6) is 0 Å². The molecule has 0 bridgehead atoms. The van der Waals surface area contributed by atoms with Crippen molar-refractivity contribution in [2.24, 2.45) is 11.7 Å². The first kappa shape index (κ1) is 17.6. The number of anilines is 1. The molecule has 0 unspecified atom stereocenters. The number of carbonyl (C=O) groups excluding carboxylic acids is 1. The minimum atomic E-state index is -0.338. The Bertz CT molecular complexity index is 405. The lowest BCUT2D eigenvalue weighted by atomic mass is 10.2. The van der Waals surface area contributed by atoms with E-state index in [0.29, 0.717) is 17.7 Å². The fourth-order valence-corrected chi connectivity index (χ4v) is 2.21. The Kier molecular flexibility index (Phi) is 8.88. The molecule has 0 aliphatic rings. The number of hydrazine groups is 2. The quantitative estimate of drug-likeness (QED) is 0.205. The molecule has 8 heteroatoms. The second kappa shape index (κ2) is 9.56. The summed E-state index contributed by atoms with van der Waals surface area (Å²) in [4.78, 5) is 9.68. The summed E-state index contributed by atoms with van der Waals surface area (Å²) in [5, 5.41) is 10.6. The minimum Gasteiger partial charge on any atom is -0.392 e. The molecule has 0 aliphatic heterocycles. The van der Waals surface area contributed by atoms with E-state index in [1.165, 1.54) is 28.9 Å². The molecule has 0 saturated carbocycles. The fourth-order valence-electron chi connectivity index (χ4n) is 1.36. The Morgan fingerprint density at radius 1 is 1.58 bits per heavy atom. The van der Waals surface area contributed by atoms with Crippen molar-refractivity contribution in [2.45, 2.75) is 18.4 Å². The van der Waals surface area contributed by atoms with Gasteiger partial charge in [0.25, 0.3) is 0 Å². The van der Waals surface area contributed by atoms with Crippen molar-refractivity contribution < 1.29 is 14.3 Å². The Hall–Kier alpha value is -1.35. The summed E-state index contributed by atoms with van der Waals surface area (Å²) >= 11 is 1.49.